The Morgan fingerprint density at radius 1 is 0.833 bits per heavy atom. The monoisotopic (exact) mass is 337 g/mol. The summed E-state index contributed by atoms with van der Waals surface area (Å²) in [6, 6.07) is 23.0. The van der Waals surface area contributed by atoms with Crippen LogP contribution in [0.4, 0.5) is 5.69 Å². The summed E-state index contributed by atoms with van der Waals surface area (Å²) in [6.07, 6.45) is 1.44. The lowest BCUT2D eigenvalue weighted by Gasteiger charge is -2.16. The van der Waals surface area contributed by atoms with Crippen molar-refractivity contribution in [1.29, 1.82) is 0 Å². The van der Waals surface area contributed by atoms with Gasteiger partial charge in [-0.3, -0.25) is 0 Å². The van der Waals surface area contributed by atoms with Gasteiger partial charge in [-0.2, -0.15) is 0 Å². The third-order valence-electron chi connectivity index (χ3n) is 4.65. The highest BCUT2D eigenvalue weighted by Gasteiger charge is 2.19. The van der Waals surface area contributed by atoms with Crippen LogP contribution in [0.25, 0.3) is 10.8 Å². The zero-order valence-corrected chi connectivity index (χ0v) is 15.2. The van der Waals surface area contributed by atoms with Crippen molar-refractivity contribution in [1.82, 2.24) is 0 Å². The fourth-order valence-electron chi connectivity index (χ4n) is 3.01. The molecular weight excluding hydrogens is 313 g/mol. The third kappa shape index (κ3) is 3.55. The molecule has 0 saturated carbocycles. The summed E-state index contributed by atoms with van der Waals surface area (Å²) in [5.74, 6) is 0. The molecule has 3 heteroatoms. The molecule has 0 fully saturated rings. The van der Waals surface area contributed by atoms with E-state index in [-0.39, 0.29) is 0 Å². The van der Waals surface area contributed by atoms with Crippen LogP contribution in [0.5, 0.6) is 0 Å². The lowest BCUT2D eigenvalue weighted by molar-refractivity contribution is 0.582. The molecule has 0 aliphatic carbocycles. The van der Waals surface area contributed by atoms with Gasteiger partial charge in [-0.1, -0.05) is 62.4 Å². The molecule has 1 N–H and O–H groups in total. The molecule has 0 radical (unpaired) electrons. The number of fused-ring (bicyclic) bond motifs is 1. The summed E-state index contributed by atoms with van der Waals surface area (Å²) < 4.78 is 12.9. The van der Waals surface area contributed by atoms with Gasteiger partial charge in [0.1, 0.15) is 7.14 Å². The maximum Gasteiger partial charge on any atom is 0.115 e. The standard InChI is InChI=1S/C21H24NOP/c1-3-24(23,4-2)21-11-7-10-20(15-21)22-16-17-12-13-18-8-5-6-9-19(18)14-17/h5-15,22H,3-4,16H2,1-2H3. The molecule has 0 aromatic heterocycles. The van der Waals surface area contributed by atoms with Gasteiger partial charge in [0.05, 0.1) is 0 Å². The number of anilines is 1. The average molecular weight is 337 g/mol. The molecular formula is C21H24NOP. The minimum Gasteiger partial charge on any atom is -0.381 e. The molecule has 124 valence electrons. The normalized spacial score (nSPS) is 11.6. The van der Waals surface area contributed by atoms with Crippen molar-refractivity contribution in [2.45, 2.75) is 20.4 Å². The molecule has 3 rings (SSSR count). The predicted molar refractivity (Wildman–Crippen MR) is 106 cm³/mol. The Labute approximate surface area is 144 Å². The Bertz CT molecular complexity index is 880. The van der Waals surface area contributed by atoms with E-state index in [9.17, 15) is 4.57 Å². The molecule has 0 spiro atoms. The summed E-state index contributed by atoms with van der Waals surface area (Å²) in [4.78, 5) is 0. The van der Waals surface area contributed by atoms with Crippen molar-refractivity contribution in [2.75, 3.05) is 17.6 Å². The van der Waals surface area contributed by atoms with Gasteiger partial charge in [-0.25, -0.2) is 0 Å². The van der Waals surface area contributed by atoms with Gasteiger partial charge in [-0.05, 0) is 34.5 Å². The highest BCUT2D eigenvalue weighted by Crippen LogP contribution is 2.43. The van der Waals surface area contributed by atoms with Crippen LogP contribution in [0, 0.1) is 0 Å². The highest BCUT2D eigenvalue weighted by atomic mass is 31.2. The van der Waals surface area contributed by atoms with Crippen LogP contribution in [-0.2, 0) is 11.1 Å². The lowest BCUT2D eigenvalue weighted by Crippen LogP contribution is -2.10. The summed E-state index contributed by atoms with van der Waals surface area (Å²) in [6.45, 7) is 4.79. The molecule has 0 amide bonds. The van der Waals surface area contributed by atoms with Crippen molar-refractivity contribution in [3.05, 3.63) is 72.3 Å². The van der Waals surface area contributed by atoms with Crippen molar-refractivity contribution >= 4 is 28.9 Å². The molecule has 3 aromatic carbocycles. The van der Waals surface area contributed by atoms with Crippen molar-refractivity contribution in [2.24, 2.45) is 0 Å². The Morgan fingerprint density at radius 3 is 2.33 bits per heavy atom. The number of hydrogen-bond donors (Lipinski definition) is 1. The molecule has 0 heterocycles. The molecule has 0 unspecified atom stereocenters. The first-order valence-electron chi connectivity index (χ1n) is 8.55. The van der Waals surface area contributed by atoms with E-state index in [2.05, 4.69) is 53.8 Å². The summed E-state index contributed by atoms with van der Waals surface area (Å²) >= 11 is 0. The second-order valence-corrected chi connectivity index (χ2v) is 9.67. The second kappa shape index (κ2) is 7.23. The minimum absolute atomic E-state index is 0.720. The predicted octanol–water partition coefficient (Wildman–Crippen LogP) is 5.48. The van der Waals surface area contributed by atoms with E-state index in [1.54, 1.807) is 0 Å². The first-order valence-corrected chi connectivity index (χ1v) is 10.6. The van der Waals surface area contributed by atoms with Gasteiger partial charge in [0.15, 0.2) is 0 Å². The van der Waals surface area contributed by atoms with Gasteiger partial charge in [0.25, 0.3) is 0 Å². The first kappa shape index (κ1) is 16.8. The molecule has 0 bridgehead atoms. The molecule has 0 aliphatic rings. The maximum atomic E-state index is 12.9. The zero-order chi connectivity index (χ0) is 17.0. The van der Waals surface area contributed by atoms with Crippen LogP contribution in [0.1, 0.15) is 19.4 Å². The van der Waals surface area contributed by atoms with Crippen LogP contribution in [0.3, 0.4) is 0 Å². The van der Waals surface area contributed by atoms with Crippen molar-refractivity contribution in [3.8, 4) is 0 Å². The topological polar surface area (TPSA) is 29.1 Å². The SMILES string of the molecule is CCP(=O)(CC)c1cccc(NCc2ccc3ccccc3c2)c1. The Morgan fingerprint density at radius 2 is 1.58 bits per heavy atom. The average Bonchev–Trinajstić information content (AvgIpc) is 2.65. The second-order valence-electron chi connectivity index (χ2n) is 6.11. The largest absolute Gasteiger partial charge is 0.381 e. The van der Waals surface area contributed by atoms with E-state index < -0.39 is 7.14 Å². The maximum absolute atomic E-state index is 12.9. The molecule has 0 atom stereocenters. The fourth-order valence-corrected chi connectivity index (χ4v) is 4.92. The lowest BCUT2D eigenvalue weighted by atomic mass is 10.1. The highest BCUT2D eigenvalue weighted by molar-refractivity contribution is 7.71. The number of rotatable bonds is 6. The van der Waals surface area contributed by atoms with Gasteiger partial charge in [0, 0.05) is 29.9 Å². The van der Waals surface area contributed by atoms with E-state index in [1.807, 2.05) is 32.0 Å². The molecule has 24 heavy (non-hydrogen) atoms. The van der Waals surface area contributed by atoms with E-state index >= 15 is 0 Å². The van der Waals surface area contributed by atoms with Gasteiger partial charge >= 0.3 is 0 Å². The molecule has 0 saturated heterocycles. The van der Waals surface area contributed by atoms with E-state index in [4.69, 9.17) is 0 Å². The minimum atomic E-state index is -2.23. The number of hydrogen-bond acceptors (Lipinski definition) is 2. The van der Waals surface area contributed by atoms with E-state index in [0.29, 0.717) is 0 Å². The summed E-state index contributed by atoms with van der Waals surface area (Å²) in [5.41, 5.74) is 2.27. The van der Waals surface area contributed by atoms with E-state index in [1.165, 1.54) is 16.3 Å². The van der Waals surface area contributed by atoms with Crippen LogP contribution >= 0.6 is 7.14 Å². The quantitative estimate of drug-likeness (QED) is 0.603. The van der Waals surface area contributed by atoms with Gasteiger partial charge in [-0.15, -0.1) is 0 Å². The Balaban J connectivity index is 1.77. The Kier molecular flexibility index (Phi) is 5.06. The number of benzene rings is 3. The Hall–Kier alpha value is -2.05. The van der Waals surface area contributed by atoms with Gasteiger partial charge in [0.2, 0.25) is 0 Å². The molecule has 2 nitrogen and oxygen atoms in total. The van der Waals surface area contributed by atoms with E-state index in [0.717, 1.165) is 29.9 Å². The van der Waals surface area contributed by atoms with Crippen molar-refractivity contribution in [3.63, 3.8) is 0 Å². The smallest absolute Gasteiger partial charge is 0.115 e. The van der Waals surface area contributed by atoms with Crippen LogP contribution < -0.4 is 10.6 Å². The zero-order valence-electron chi connectivity index (χ0n) is 14.3. The van der Waals surface area contributed by atoms with Crippen LogP contribution in [0.2, 0.25) is 0 Å². The summed E-state index contributed by atoms with van der Waals surface area (Å²) in [5, 5.41) is 6.96. The first-order chi connectivity index (χ1) is 11.6. The fraction of sp³-hybridized carbons (Fsp3) is 0.238. The summed E-state index contributed by atoms with van der Waals surface area (Å²) in [7, 11) is -2.23. The van der Waals surface area contributed by atoms with Gasteiger partial charge < -0.3 is 9.88 Å². The van der Waals surface area contributed by atoms with Crippen LogP contribution in [-0.4, -0.2) is 12.3 Å². The molecule has 0 aliphatic heterocycles. The molecule has 3 aromatic rings. The van der Waals surface area contributed by atoms with Crippen LogP contribution in [0.15, 0.2) is 66.7 Å². The third-order valence-corrected chi connectivity index (χ3v) is 7.91. The number of nitrogens with one attached hydrogen (secondary N) is 1. The van der Waals surface area contributed by atoms with Crippen molar-refractivity contribution < 1.29 is 4.57 Å².